The van der Waals surface area contributed by atoms with E-state index in [9.17, 15) is 9.18 Å². The maximum Gasteiger partial charge on any atom is 0.255 e. The van der Waals surface area contributed by atoms with Crippen LogP contribution in [0.25, 0.3) is 11.3 Å². The van der Waals surface area contributed by atoms with Gasteiger partial charge < -0.3 is 4.90 Å². The average molecular weight is 477 g/mol. The first-order valence-corrected chi connectivity index (χ1v) is 11.9. The van der Waals surface area contributed by atoms with E-state index in [-0.39, 0.29) is 17.0 Å². The minimum Gasteiger partial charge on any atom is -0.342 e. The van der Waals surface area contributed by atoms with Crippen LogP contribution in [0.3, 0.4) is 0 Å². The number of thiol groups is 1. The summed E-state index contributed by atoms with van der Waals surface area (Å²) < 4.78 is 15.8. The molecular weight excluding hydrogens is 451 g/mol. The standard InChI is InChI=1S/C25H25FN6OS/c1-31-23(33)11-21(19-8-9-27-12-20(19)26)30-25(31)32-10-4-6-16(14-32)22-13-28-24(29-22)18-7-3-2-5-17(18)15-34/h2-3,5,7-9,11-12,16,34H,4,6,10,13-15H2,1H3. The molecule has 2 aliphatic heterocycles. The molecule has 9 heteroatoms. The molecule has 1 unspecified atom stereocenters. The normalized spacial score (nSPS) is 18.1. The monoisotopic (exact) mass is 476 g/mol. The number of hydrogen-bond donors (Lipinski definition) is 1. The fourth-order valence-corrected chi connectivity index (χ4v) is 4.84. The summed E-state index contributed by atoms with van der Waals surface area (Å²) in [5, 5.41) is 0. The summed E-state index contributed by atoms with van der Waals surface area (Å²) >= 11 is 4.44. The third-order valence-corrected chi connectivity index (χ3v) is 6.74. The Morgan fingerprint density at radius 2 is 2.06 bits per heavy atom. The van der Waals surface area contributed by atoms with Crippen molar-refractivity contribution in [2.24, 2.45) is 23.0 Å². The molecule has 0 radical (unpaired) electrons. The quantitative estimate of drug-likeness (QED) is 0.572. The van der Waals surface area contributed by atoms with Gasteiger partial charge in [0.15, 0.2) is 11.7 Å². The Morgan fingerprint density at radius 3 is 2.88 bits per heavy atom. The molecule has 1 atom stereocenters. The summed E-state index contributed by atoms with van der Waals surface area (Å²) in [5.41, 5.74) is 3.53. The number of hydrogen-bond acceptors (Lipinski definition) is 7. The highest BCUT2D eigenvalue weighted by Gasteiger charge is 2.29. The van der Waals surface area contributed by atoms with Gasteiger partial charge in [-0.05, 0) is 24.5 Å². The van der Waals surface area contributed by atoms with E-state index in [2.05, 4.69) is 27.5 Å². The first-order valence-electron chi connectivity index (χ1n) is 11.3. The van der Waals surface area contributed by atoms with Gasteiger partial charge in [0.25, 0.3) is 5.56 Å². The van der Waals surface area contributed by atoms with Gasteiger partial charge in [-0.1, -0.05) is 24.3 Å². The molecular formula is C25H25FN6OS. The summed E-state index contributed by atoms with van der Waals surface area (Å²) in [7, 11) is 1.70. The van der Waals surface area contributed by atoms with Gasteiger partial charge in [0.1, 0.15) is 0 Å². The lowest BCUT2D eigenvalue weighted by molar-refractivity contribution is 0.492. The number of nitrogens with zero attached hydrogens (tertiary/aromatic N) is 6. The third-order valence-electron chi connectivity index (χ3n) is 6.40. The molecule has 0 N–H and O–H groups in total. The Morgan fingerprint density at radius 1 is 1.21 bits per heavy atom. The topological polar surface area (TPSA) is 75.7 Å². The van der Waals surface area contributed by atoms with Gasteiger partial charge in [0.05, 0.1) is 18.4 Å². The maximum absolute atomic E-state index is 14.3. The predicted molar refractivity (Wildman–Crippen MR) is 136 cm³/mol. The molecule has 0 saturated carbocycles. The highest BCUT2D eigenvalue weighted by atomic mass is 32.1. The van der Waals surface area contributed by atoms with E-state index in [4.69, 9.17) is 9.98 Å². The molecule has 2 aromatic heterocycles. The van der Waals surface area contributed by atoms with E-state index in [1.54, 1.807) is 7.05 Å². The SMILES string of the molecule is Cn1c(N2CCCC(C3=NC(c4ccccc4CS)=NC3)C2)nc(-c2ccncc2F)cc1=O. The lowest BCUT2D eigenvalue weighted by atomic mass is 9.93. The minimum atomic E-state index is -0.503. The molecule has 3 aromatic rings. The largest absolute Gasteiger partial charge is 0.342 e. The zero-order chi connectivity index (χ0) is 23.7. The van der Waals surface area contributed by atoms with Gasteiger partial charge in [0, 0.05) is 60.9 Å². The number of aromatic nitrogens is 3. The smallest absolute Gasteiger partial charge is 0.255 e. The van der Waals surface area contributed by atoms with Crippen LogP contribution in [0.4, 0.5) is 10.3 Å². The number of aliphatic imine (C=N–C) groups is 2. The van der Waals surface area contributed by atoms with E-state index in [0.29, 0.717) is 30.5 Å². The third kappa shape index (κ3) is 4.27. The van der Waals surface area contributed by atoms with Crippen LogP contribution in [0.15, 0.2) is 63.6 Å². The fraction of sp³-hybridized carbons (Fsp3) is 0.320. The number of rotatable bonds is 5. The first-order chi connectivity index (χ1) is 16.5. The molecule has 7 nitrogen and oxygen atoms in total. The summed E-state index contributed by atoms with van der Waals surface area (Å²) in [4.78, 5) is 32.9. The Labute approximate surface area is 202 Å². The molecule has 4 heterocycles. The van der Waals surface area contributed by atoms with Gasteiger partial charge in [0.2, 0.25) is 5.95 Å². The Balaban J connectivity index is 1.41. The Hall–Kier alpha value is -3.33. The highest BCUT2D eigenvalue weighted by molar-refractivity contribution is 7.79. The maximum atomic E-state index is 14.3. The van der Waals surface area contributed by atoms with Crippen molar-refractivity contribution in [3.8, 4) is 11.3 Å². The van der Waals surface area contributed by atoms with Crippen molar-refractivity contribution in [1.29, 1.82) is 0 Å². The van der Waals surface area contributed by atoms with Gasteiger partial charge in [-0.3, -0.25) is 19.3 Å². The second-order valence-electron chi connectivity index (χ2n) is 8.54. The summed E-state index contributed by atoms with van der Waals surface area (Å²) in [6.45, 7) is 2.02. The lowest BCUT2D eigenvalue weighted by Gasteiger charge is -2.34. The van der Waals surface area contributed by atoms with Crippen molar-refractivity contribution in [2.45, 2.75) is 18.6 Å². The van der Waals surface area contributed by atoms with E-state index in [1.807, 2.05) is 24.3 Å². The van der Waals surface area contributed by atoms with Crippen LogP contribution in [0.5, 0.6) is 0 Å². The van der Waals surface area contributed by atoms with Crippen molar-refractivity contribution >= 4 is 30.1 Å². The van der Waals surface area contributed by atoms with E-state index in [0.717, 1.165) is 48.3 Å². The van der Waals surface area contributed by atoms with E-state index >= 15 is 0 Å². The zero-order valence-corrected chi connectivity index (χ0v) is 19.7. The van der Waals surface area contributed by atoms with Crippen LogP contribution in [0, 0.1) is 11.7 Å². The summed E-state index contributed by atoms with van der Waals surface area (Å²) in [6.07, 6.45) is 4.57. The molecule has 1 fully saturated rings. The minimum absolute atomic E-state index is 0.205. The van der Waals surface area contributed by atoms with Crippen molar-refractivity contribution in [1.82, 2.24) is 14.5 Å². The second-order valence-corrected chi connectivity index (χ2v) is 8.85. The van der Waals surface area contributed by atoms with Gasteiger partial charge >= 0.3 is 0 Å². The molecule has 1 aromatic carbocycles. The van der Waals surface area contributed by atoms with Crippen LogP contribution in [0.1, 0.15) is 24.0 Å². The first kappa shape index (κ1) is 22.5. The fourth-order valence-electron chi connectivity index (χ4n) is 4.57. The number of halogens is 1. The van der Waals surface area contributed by atoms with Crippen LogP contribution < -0.4 is 10.5 Å². The van der Waals surface area contributed by atoms with Crippen molar-refractivity contribution < 1.29 is 4.39 Å². The number of piperidine rings is 1. The van der Waals surface area contributed by atoms with Gasteiger partial charge in [-0.2, -0.15) is 12.6 Å². The van der Waals surface area contributed by atoms with Gasteiger partial charge in [-0.25, -0.2) is 14.4 Å². The van der Waals surface area contributed by atoms with Crippen molar-refractivity contribution in [3.05, 3.63) is 76.1 Å². The molecule has 2 aliphatic rings. The molecule has 174 valence electrons. The predicted octanol–water partition coefficient (Wildman–Crippen LogP) is 3.53. The van der Waals surface area contributed by atoms with Crippen LogP contribution in [-0.2, 0) is 12.8 Å². The summed E-state index contributed by atoms with van der Waals surface area (Å²) in [6, 6.07) is 11.0. The molecule has 1 saturated heterocycles. The van der Waals surface area contributed by atoms with Crippen molar-refractivity contribution in [2.75, 3.05) is 24.5 Å². The van der Waals surface area contributed by atoms with Crippen LogP contribution in [0.2, 0.25) is 0 Å². The Kier molecular flexibility index (Phi) is 6.28. The number of benzene rings is 1. The number of anilines is 1. The summed E-state index contributed by atoms with van der Waals surface area (Å²) in [5.74, 6) is 1.63. The molecule has 0 amide bonds. The van der Waals surface area contributed by atoms with Crippen molar-refractivity contribution in [3.63, 3.8) is 0 Å². The van der Waals surface area contributed by atoms with E-state index in [1.165, 1.54) is 22.9 Å². The molecule has 0 bridgehead atoms. The molecule has 34 heavy (non-hydrogen) atoms. The number of amidine groups is 1. The van der Waals surface area contributed by atoms with E-state index < -0.39 is 5.82 Å². The zero-order valence-electron chi connectivity index (χ0n) is 18.9. The van der Waals surface area contributed by atoms with Crippen LogP contribution in [-0.4, -0.2) is 45.7 Å². The van der Waals surface area contributed by atoms with Crippen LogP contribution >= 0.6 is 12.6 Å². The highest BCUT2D eigenvalue weighted by Crippen LogP contribution is 2.27. The average Bonchev–Trinajstić information content (AvgIpc) is 3.36. The molecule has 0 spiro atoms. The molecule has 0 aliphatic carbocycles. The number of pyridine rings is 1. The molecule has 5 rings (SSSR count). The van der Waals surface area contributed by atoms with Gasteiger partial charge in [-0.15, -0.1) is 0 Å². The lowest BCUT2D eigenvalue weighted by Crippen LogP contribution is -2.42. The Bertz CT molecular complexity index is 1350. The second kappa shape index (κ2) is 9.50.